The van der Waals surface area contributed by atoms with Crippen LogP contribution in [0.4, 0.5) is 5.69 Å². The number of nitrogens with one attached hydrogen (secondary N) is 1. The lowest BCUT2D eigenvalue weighted by Gasteiger charge is -2.08. The predicted molar refractivity (Wildman–Crippen MR) is 99.6 cm³/mol. The number of hydrogen-bond donors (Lipinski definition) is 1. The number of rotatable bonds is 4. The third-order valence-corrected chi connectivity index (χ3v) is 4.63. The topological polar surface area (TPSA) is 56.0 Å². The lowest BCUT2D eigenvalue weighted by molar-refractivity contribution is -0.116. The van der Waals surface area contributed by atoms with E-state index in [1.54, 1.807) is 34.4 Å². The van der Waals surface area contributed by atoms with Crippen LogP contribution in [0.15, 0.2) is 51.7 Å². The van der Waals surface area contributed by atoms with Gasteiger partial charge in [0.05, 0.1) is 21.7 Å². The third kappa shape index (κ3) is 3.25. The first-order valence-electron chi connectivity index (χ1n) is 7.36. The molecule has 0 radical (unpaired) electrons. The van der Waals surface area contributed by atoms with E-state index in [9.17, 15) is 9.59 Å². The number of aryl methyl sites for hydroxylation is 2. The highest BCUT2D eigenvalue weighted by molar-refractivity contribution is 9.10. The van der Waals surface area contributed by atoms with Gasteiger partial charge < -0.3 is 5.32 Å². The van der Waals surface area contributed by atoms with Crippen LogP contribution in [0.2, 0.25) is 5.02 Å². The fourth-order valence-corrected chi connectivity index (χ4v) is 3.32. The molecule has 5 nitrogen and oxygen atoms in total. The highest BCUT2D eigenvalue weighted by Crippen LogP contribution is 2.25. The molecule has 0 aliphatic carbocycles. The van der Waals surface area contributed by atoms with Crippen molar-refractivity contribution in [3.8, 4) is 0 Å². The Morgan fingerprint density at radius 3 is 2.62 bits per heavy atom. The van der Waals surface area contributed by atoms with Gasteiger partial charge in [0.1, 0.15) is 0 Å². The molecule has 3 rings (SSSR count). The van der Waals surface area contributed by atoms with Crippen molar-refractivity contribution in [3.63, 3.8) is 0 Å². The minimum atomic E-state index is -0.195. The summed E-state index contributed by atoms with van der Waals surface area (Å²) in [5, 5.41) is 3.23. The maximum Gasteiger partial charge on any atom is 0.328 e. The number of hydrogen-bond acceptors (Lipinski definition) is 2. The summed E-state index contributed by atoms with van der Waals surface area (Å²) < 4.78 is 4.03. The van der Waals surface area contributed by atoms with Gasteiger partial charge in [-0.3, -0.25) is 13.9 Å². The fraction of sp³-hybridized carbons (Fsp3) is 0.176. The number of amides is 1. The Labute approximate surface area is 152 Å². The average Bonchev–Trinajstić information content (AvgIpc) is 2.80. The molecule has 0 saturated carbocycles. The van der Waals surface area contributed by atoms with E-state index in [-0.39, 0.29) is 18.0 Å². The zero-order valence-electron chi connectivity index (χ0n) is 12.9. The second-order valence-electron chi connectivity index (χ2n) is 5.40. The number of aromatic nitrogens is 2. The van der Waals surface area contributed by atoms with Crippen molar-refractivity contribution >= 4 is 50.2 Å². The van der Waals surface area contributed by atoms with E-state index in [0.717, 1.165) is 15.5 Å². The van der Waals surface area contributed by atoms with Crippen LogP contribution in [0, 0.1) is 0 Å². The van der Waals surface area contributed by atoms with Crippen LogP contribution in [-0.2, 0) is 18.4 Å². The van der Waals surface area contributed by atoms with Crippen LogP contribution >= 0.6 is 27.5 Å². The number of carbonyl (C=O) groups is 1. The highest BCUT2D eigenvalue weighted by atomic mass is 79.9. The Morgan fingerprint density at radius 2 is 1.92 bits per heavy atom. The molecule has 1 aromatic heterocycles. The third-order valence-electron chi connectivity index (χ3n) is 3.82. The molecule has 2 aromatic carbocycles. The summed E-state index contributed by atoms with van der Waals surface area (Å²) in [6.45, 7) is 0.306. The van der Waals surface area contributed by atoms with Gasteiger partial charge in [-0.1, -0.05) is 39.7 Å². The van der Waals surface area contributed by atoms with Gasteiger partial charge in [0, 0.05) is 24.5 Å². The summed E-state index contributed by atoms with van der Waals surface area (Å²) in [5.74, 6) is -0.195. The van der Waals surface area contributed by atoms with E-state index in [4.69, 9.17) is 11.6 Å². The molecule has 0 saturated heterocycles. The van der Waals surface area contributed by atoms with E-state index in [0.29, 0.717) is 17.3 Å². The number of para-hydroxylation sites is 2. The summed E-state index contributed by atoms with van der Waals surface area (Å²) in [4.78, 5) is 24.5. The smallest absolute Gasteiger partial charge is 0.325 e. The van der Waals surface area contributed by atoms with E-state index in [1.807, 2.05) is 24.3 Å². The summed E-state index contributed by atoms with van der Waals surface area (Å²) >= 11 is 9.41. The summed E-state index contributed by atoms with van der Waals surface area (Å²) in [6, 6.07) is 12.8. The van der Waals surface area contributed by atoms with E-state index < -0.39 is 0 Å². The van der Waals surface area contributed by atoms with Gasteiger partial charge >= 0.3 is 5.69 Å². The number of anilines is 1. The Bertz CT molecular complexity index is 978. The molecule has 124 valence electrons. The van der Waals surface area contributed by atoms with Crippen LogP contribution in [0.25, 0.3) is 11.0 Å². The van der Waals surface area contributed by atoms with Crippen molar-refractivity contribution in [1.82, 2.24) is 9.13 Å². The SMILES string of the molecule is Cn1c(=O)n(CCC(=O)Nc2ccc(Br)cc2Cl)c2ccccc21. The summed E-state index contributed by atoms with van der Waals surface area (Å²) in [6.07, 6.45) is 0.181. The van der Waals surface area contributed by atoms with Crippen molar-refractivity contribution < 1.29 is 4.79 Å². The van der Waals surface area contributed by atoms with Crippen molar-refractivity contribution in [2.45, 2.75) is 13.0 Å². The van der Waals surface area contributed by atoms with E-state index in [1.165, 1.54) is 0 Å². The first-order valence-corrected chi connectivity index (χ1v) is 8.53. The van der Waals surface area contributed by atoms with Crippen LogP contribution in [0.3, 0.4) is 0 Å². The predicted octanol–water partition coefficient (Wildman–Crippen LogP) is 3.78. The fourth-order valence-electron chi connectivity index (χ4n) is 2.60. The molecule has 0 aliphatic rings. The van der Waals surface area contributed by atoms with Crippen molar-refractivity contribution in [1.29, 1.82) is 0 Å². The number of benzene rings is 2. The molecule has 0 spiro atoms. The largest absolute Gasteiger partial charge is 0.328 e. The van der Waals surface area contributed by atoms with Gasteiger partial charge in [-0.05, 0) is 30.3 Å². The van der Waals surface area contributed by atoms with Crippen molar-refractivity contribution in [3.05, 3.63) is 62.4 Å². The Balaban J connectivity index is 1.75. The van der Waals surface area contributed by atoms with Crippen LogP contribution < -0.4 is 11.0 Å². The average molecular weight is 409 g/mol. The molecule has 0 unspecified atom stereocenters. The van der Waals surface area contributed by atoms with Gasteiger partial charge in [0.15, 0.2) is 0 Å². The molecule has 0 bridgehead atoms. The number of carbonyl (C=O) groups excluding carboxylic acids is 1. The Hall–Kier alpha value is -2.05. The molecule has 0 aliphatic heterocycles. The molecule has 24 heavy (non-hydrogen) atoms. The number of fused-ring (bicyclic) bond motifs is 1. The minimum absolute atomic E-state index is 0.134. The van der Waals surface area contributed by atoms with E-state index in [2.05, 4.69) is 21.2 Å². The molecular weight excluding hydrogens is 394 g/mol. The van der Waals surface area contributed by atoms with Crippen LogP contribution in [-0.4, -0.2) is 15.0 Å². The van der Waals surface area contributed by atoms with Gasteiger partial charge in [-0.15, -0.1) is 0 Å². The van der Waals surface area contributed by atoms with Gasteiger partial charge in [-0.2, -0.15) is 0 Å². The minimum Gasteiger partial charge on any atom is -0.325 e. The quantitative estimate of drug-likeness (QED) is 0.714. The van der Waals surface area contributed by atoms with Crippen LogP contribution in [0.5, 0.6) is 0 Å². The number of imidazole rings is 1. The van der Waals surface area contributed by atoms with Crippen molar-refractivity contribution in [2.24, 2.45) is 7.05 Å². The van der Waals surface area contributed by atoms with Crippen LogP contribution in [0.1, 0.15) is 6.42 Å². The first-order chi connectivity index (χ1) is 11.5. The lowest BCUT2D eigenvalue weighted by atomic mass is 10.3. The summed E-state index contributed by atoms with van der Waals surface area (Å²) in [7, 11) is 1.73. The molecule has 0 fully saturated rings. The summed E-state index contributed by atoms with van der Waals surface area (Å²) in [5.41, 5.74) is 2.08. The molecule has 1 heterocycles. The monoisotopic (exact) mass is 407 g/mol. The highest BCUT2D eigenvalue weighted by Gasteiger charge is 2.12. The van der Waals surface area contributed by atoms with Gasteiger partial charge in [0.25, 0.3) is 0 Å². The molecule has 3 aromatic rings. The van der Waals surface area contributed by atoms with Gasteiger partial charge in [-0.25, -0.2) is 4.79 Å². The molecule has 7 heteroatoms. The molecular formula is C17H15BrClN3O2. The Morgan fingerprint density at radius 1 is 1.21 bits per heavy atom. The normalized spacial score (nSPS) is 11.0. The lowest BCUT2D eigenvalue weighted by Crippen LogP contribution is -2.24. The maximum absolute atomic E-state index is 12.3. The second kappa shape index (κ2) is 6.83. The zero-order chi connectivity index (χ0) is 17.3. The maximum atomic E-state index is 12.3. The number of halogens is 2. The van der Waals surface area contributed by atoms with Gasteiger partial charge in [0.2, 0.25) is 5.91 Å². The Kier molecular flexibility index (Phi) is 4.78. The molecule has 1 amide bonds. The number of nitrogens with zero attached hydrogens (tertiary/aromatic N) is 2. The second-order valence-corrected chi connectivity index (χ2v) is 6.73. The standard InChI is InChI=1S/C17H15BrClN3O2/c1-21-14-4-2-3-5-15(14)22(17(21)24)9-8-16(23)20-13-7-6-11(18)10-12(13)19/h2-7,10H,8-9H2,1H3,(H,20,23). The molecule has 1 N–H and O–H groups in total. The first kappa shape index (κ1) is 16.8. The zero-order valence-corrected chi connectivity index (χ0v) is 15.3. The molecule has 0 atom stereocenters. The van der Waals surface area contributed by atoms with Crippen molar-refractivity contribution in [2.75, 3.05) is 5.32 Å². The van der Waals surface area contributed by atoms with E-state index >= 15 is 0 Å².